The fourth-order valence-corrected chi connectivity index (χ4v) is 3.27. The number of hydrogen-bond acceptors (Lipinski definition) is 5. The summed E-state index contributed by atoms with van der Waals surface area (Å²) in [5.41, 5.74) is 1.75. The van der Waals surface area contributed by atoms with Crippen molar-refractivity contribution >= 4 is 11.8 Å². The average Bonchev–Trinajstić information content (AvgIpc) is 3.18. The van der Waals surface area contributed by atoms with Crippen LogP contribution >= 0.6 is 0 Å². The van der Waals surface area contributed by atoms with Crippen LogP contribution < -0.4 is 5.32 Å². The molecule has 1 saturated heterocycles. The van der Waals surface area contributed by atoms with Gasteiger partial charge in [-0.15, -0.1) is 0 Å². The first-order chi connectivity index (χ1) is 12.6. The molecule has 0 saturated carbocycles. The summed E-state index contributed by atoms with van der Waals surface area (Å²) < 4.78 is 1.92. The Kier molecular flexibility index (Phi) is 5.93. The zero-order valence-electron chi connectivity index (χ0n) is 15.0. The first-order valence-corrected chi connectivity index (χ1v) is 8.91. The van der Waals surface area contributed by atoms with Crippen molar-refractivity contribution in [2.75, 3.05) is 13.1 Å². The number of nitrogens with zero attached hydrogens (tertiary/aromatic N) is 5. The number of aryl methyl sites for hydroxylation is 1. The van der Waals surface area contributed by atoms with Crippen LogP contribution in [0.5, 0.6) is 0 Å². The number of likely N-dealkylation sites (tertiary alicyclic amines) is 1. The van der Waals surface area contributed by atoms with Crippen LogP contribution in [0.2, 0.25) is 0 Å². The number of rotatable bonds is 6. The lowest BCUT2D eigenvalue weighted by atomic mass is 9.91. The standard InChI is InChI=1S/C18H24N6O2/c1-14(25)22-12-16-18(21-6-5-20-16)15-2-9-24(10-3-15)17(26)4-8-23-11-7-19-13-23/h5-7,11,13,15H,2-4,8-10,12H2,1H3,(H,22,25). The normalized spacial score (nSPS) is 15.0. The Bertz CT molecular complexity index is 738. The van der Waals surface area contributed by atoms with Gasteiger partial charge in [0.2, 0.25) is 11.8 Å². The van der Waals surface area contributed by atoms with Crippen LogP contribution in [0.4, 0.5) is 0 Å². The van der Waals surface area contributed by atoms with Gasteiger partial charge >= 0.3 is 0 Å². The summed E-state index contributed by atoms with van der Waals surface area (Å²) in [5.74, 6) is 0.361. The monoisotopic (exact) mass is 356 g/mol. The summed E-state index contributed by atoms with van der Waals surface area (Å²) in [6, 6.07) is 0. The summed E-state index contributed by atoms with van der Waals surface area (Å²) >= 11 is 0. The minimum absolute atomic E-state index is 0.0834. The molecule has 3 rings (SSSR count). The highest BCUT2D eigenvalue weighted by molar-refractivity contribution is 5.76. The molecule has 2 amide bonds. The molecule has 1 N–H and O–H groups in total. The lowest BCUT2D eigenvalue weighted by molar-refractivity contribution is -0.132. The topological polar surface area (TPSA) is 93.0 Å². The van der Waals surface area contributed by atoms with Crippen LogP contribution in [0.25, 0.3) is 0 Å². The maximum atomic E-state index is 12.4. The van der Waals surface area contributed by atoms with E-state index in [9.17, 15) is 9.59 Å². The van der Waals surface area contributed by atoms with E-state index in [0.717, 1.165) is 37.3 Å². The van der Waals surface area contributed by atoms with Gasteiger partial charge in [0.1, 0.15) is 0 Å². The largest absolute Gasteiger partial charge is 0.351 e. The number of carbonyl (C=O) groups excluding carboxylic acids is 2. The van der Waals surface area contributed by atoms with Gasteiger partial charge in [0.05, 0.1) is 24.3 Å². The van der Waals surface area contributed by atoms with Crippen LogP contribution in [0.3, 0.4) is 0 Å². The molecule has 0 aromatic carbocycles. The van der Waals surface area contributed by atoms with Crippen molar-refractivity contribution in [2.45, 2.75) is 45.2 Å². The van der Waals surface area contributed by atoms with Crippen LogP contribution in [0.1, 0.15) is 43.5 Å². The fraction of sp³-hybridized carbons (Fsp3) is 0.500. The molecule has 0 radical (unpaired) electrons. The van der Waals surface area contributed by atoms with Gasteiger partial charge in [-0.1, -0.05) is 0 Å². The third-order valence-corrected chi connectivity index (χ3v) is 4.69. The van der Waals surface area contributed by atoms with E-state index in [0.29, 0.717) is 19.5 Å². The van der Waals surface area contributed by atoms with Crippen molar-refractivity contribution < 1.29 is 9.59 Å². The zero-order valence-corrected chi connectivity index (χ0v) is 15.0. The number of amides is 2. The van der Waals surface area contributed by atoms with Crippen molar-refractivity contribution in [1.82, 2.24) is 29.7 Å². The first-order valence-electron chi connectivity index (χ1n) is 8.91. The molecule has 2 aromatic rings. The van der Waals surface area contributed by atoms with Gasteiger partial charge in [-0.3, -0.25) is 19.6 Å². The zero-order chi connectivity index (χ0) is 18.4. The molecule has 2 aromatic heterocycles. The van der Waals surface area contributed by atoms with E-state index < -0.39 is 0 Å². The third kappa shape index (κ3) is 4.65. The maximum Gasteiger partial charge on any atom is 0.224 e. The quantitative estimate of drug-likeness (QED) is 0.837. The van der Waals surface area contributed by atoms with Crippen LogP contribution in [-0.4, -0.2) is 49.3 Å². The molecular weight excluding hydrogens is 332 g/mol. The van der Waals surface area contributed by atoms with Crippen LogP contribution in [0, 0.1) is 0 Å². The molecule has 0 aliphatic carbocycles. The summed E-state index contributed by atoms with van der Waals surface area (Å²) in [6.07, 6.45) is 10.9. The van der Waals surface area contributed by atoms with E-state index in [1.807, 2.05) is 15.7 Å². The second kappa shape index (κ2) is 8.55. The van der Waals surface area contributed by atoms with Gasteiger partial charge in [0.15, 0.2) is 0 Å². The minimum atomic E-state index is -0.0834. The summed E-state index contributed by atoms with van der Waals surface area (Å²) in [4.78, 5) is 38.3. The van der Waals surface area contributed by atoms with E-state index in [2.05, 4.69) is 20.3 Å². The second-order valence-electron chi connectivity index (χ2n) is 6.50. The average molecular weight is 356 g/mol. The van der Waals surface area contributed by atoms with Crippen molar-refractivity contribution in [3.63, 3.8) is 0 Å². The van der Waals surface area contributed by atoms with E-state index in [1.54, 1.807) is 24.9 Å². The maximum absolute atomic E-state index is 12.4. The Morgan fingerprint density at radius 2 is 1.96 bits per heavy atom. The first kappa shape index (κ1) is 18.0. The predicted molar refractivity (Wildman–Crippen MR) is 95.0 cm³/mol. The van der Waals surface area contributed by atoms with Crippen molar-refractivity contribution in [3.05, 3.63) is 42.5 Å². The van der Waals surface area contributed by atoms with Crippen LogP contribution in [-0.2, 0) is 22.7 Å². The predicted octanol–water partition coefficient (Wildman–Crippen LogP) is 1.11. The van der Waals surface area contributed by atoms with Gasteiger partial charge in [0, 0.05) is 63.7 Å². The molecule has 8 heteroatoms. The lowest BCUT2D eigenvalue weighted by Crippen LogP contribution is -2.38. The summed E-state index contributed by atoms with van der Waals surface area (Å²) in [6.45, 7) is 3.99. The number of carbonyl (C=O) groups is 2. The van der Waals surface area contributed by atoms with Crippen molar-refractivity contribution in [1.29, 1.82) is 0 Å². The molecule has 0 atom stereocenters. The van der Waals surface area contributed by atoms with Gasteiger partial charge < -0.3 is 14.8 Å². The Labute approximate surface area is 152 Å². The number of aromatic nitrogens is 4. The van der Waals surface area contributed by atoms with Gasteiger partial charge in [-0.05, 0) is 12.8 Å². The van der Waals surface area contributed by atoms with Crippen LogP contribution in [0.15, 0.2) is 31.1 Å². The molecule has 1 aliphatic heterocycles. The Balaban J connectivity index is 1.53. The molecule has 0 bridgehead atoms. The third-order valence-electron chi connectivity index (χ3n) is 4.69. The van der Waals surface area contributed by atoms with Gasteiger partial charge in [0.25, 0.3) is 0 Å². The van der Waals surface area contributed by atoms with E-state index >= 15 is 0 Å². The smallest absolute Gasteiger partial charge is 0.224 e. The highest BCUT2D eigenvalue weighted by Gasteiger charge is 2.26. The fourth-order valence-electron chi connectivity index (χ4n) is 3.27. The van der Waals surface area contributed by atoms with E-state index in [4.69, 9.17) is 0 Å². The number of hydrogen-bond donors (Lipinski definition) is 1. The van der Waals surface area contributed by atoms with Gasteiger partial charge in [-0.2, -0.15) is 0 Å². The Hall–Kier alpha value is -2.77. The van der Waals surface area contributed by atoms with Gasteiger partial charge in [-0.25, -0.2) is 4.98 Å². The molecule has 26 heavy (non-hydrogen) atoms. The van der Waals surface area contributed by atoms with E-state index in [-0.39, 0.29) is 17.7 Å². The number of nitrogens with one attached hydrogen (secondary N) is 1. The highest BCUT2D eigenvalue weighted by atomic mass is 16.2. The molecular formula is C18H24N6O2. The molecule has 138 valence electrons. The Morgan fingerprint density at radius 3 is 2.65 bits per heavy atom. The summed E-state index contributed by atoms with van der Waals surface area (Å²) in [5, 5.41) is 2.78. The molecule has 3 heterocycles. The molecule has 1 fully saturated rings. The highest BCUT2D eigenvalue weighted by Crippen LogP contribution is 2.28. The molecule has 8 nitrogen and oxygen atoms in total. The number of piperidine rings is 1. The molecule has 1 aliphatic rings. The lowest BCUT2D eigenvalue weighted by Gasteiger charge is -2.32. The number of imidazole rings is 1. The summed E-state index contributed by atoms with van der Waals surface area (Å²) in [7, 11) is 0. The van der Waals surface area contributed by atoms with E-state index in [1.165, 1.54) is 6.92 Å². The van der Waals surface area contributed by atoms with Crippen molar-refractivity contribution in [2.24, 2.45) is 0 Å². The van der Waals surface area contributed by atoms with Crippen molar-refractivity contribution in [3.8, 4) is 0 Å². The SMILES string of the molecule is CC(=O)NCc1nccnc1C1CCN(C(=O)CCn2ccnc2)CC1. The second-order valence-corrected chi connectivity index (χ2v) is 6.50. The Morgan fingerprint density at radius 1 is 1.19 bits per heavy atom. The minimum Gasteiger partial charge on any atom is -0.351 e. The molecule has 0 spiro atoms. The molecule has 0 unspecified atom stereocenters.